The first-order valence-electron chi connectivity index (χ1n) is 5.56. The fourth-order valence-corrected chi connectivity index (χ4v) is 4.15. The number of carbonyl (C=O) groups excluding carboxylic acids is 1. The van der Waals surface area contributed by atoms with Crippen LogP contribution in [0.15, 0.2) is 22.5 Å². The lowest BCUT2D eigenvalue weighted by Gasteiger charge is -2.15. The highest BCUT2D eigenvalue weighted by Crippen LogP contribution is 2.33. The maximum atomic E-state index is 11.9. The fraction of sp³-hybridized carbons (Fsp3) is 0.333. The molecule has 1 aromatic carbocycles. The molecule has 2 heterocycles. The number of thiazole rings is 1. The predicted molar refractivity (Wildman–Crippen MR) is 81.1 cm³/mol. The zero-order valence-electron chi connectivity index (χ0n) is 9.72. The van der Waals surface area contributed by atoms with Crippen LogP contribution in [0.1, 0.15) is 6.42 Å². The second-order valence-corrected chi connectivity index (χ2v) is 7.52. The third-order valence-corrected chi connectivity index (χ3v) is 5.53. The van der Waals surface area contributed by atoms with Crippen LogP contribution < -0.4 is 4.90 Å². The highest BCUT2D eigenvalue weighted by molar-refractivity contribution is 9.09. The number of halogens is 1. The topological polar surface area (TPSA) is 33.2 Å². The Morgan fingerprint density at radius 2 is 2.39 bits per heavy atom. The van der Waals surface area contributed by atoms with Gasteiger partial charge >= 0.3 is 0 Å². The Kier molecular flexibility index (Phi) is 3.34. The quantitative estimate of drug-likeness (QED) is 0.618. The first-order chi connectivity index (χ1) is 8.67. The SMILES string of the molecule is CSc1nc2ccc(N3CC(Br)CC3=O)cc2s1. The Bertz CT molecular complexity index is 613. The van der Waals surface area contributed by atoms with Crippen molar-refractivity contribution in [3.05, 3.63) is 18.2 Å². The van der Waals surface area contributed by atoms with E-state index in [4.69, 9.17) is 0 Å². The number of rotatable bonds is 2. The molecule has 1 atom stereocenters. The van der Waals surface area contributed by atoms with Crippen molar-refractivity contribution in [2.24, 2.45) is 0 Å². The second kappa shape index (κ2) is 4.83. The van der Waals surface area contributed by atoms with Crippen LogP contribution in [-0.2, 0) is 4.79 Å². The molecule has 1 saturated heterocycles. The minimum Gasteiger partial charge on any atom is -0.311 e. The van der Waals surface area contributed by atoms with Crippen molar-refractivity contribution in [1.82, 2.24) is 4.98 Å². The summed E-state index contributed by atoms with van der Waals surface area (Å²) in [7, 11) is 0. The van der Waals surface area contributed by atoms with Gasteiger partial charge in [0, 0.05) is 23.5 Å². The number of anilines is 1. The minimum absolute atomic E-state index is 0.186. The van der Waals surface area contributed by atoms with Crippen LogP contribution in [0, 0.1) is 0 Å². The Hall–Kier alpha value is -0.590. The maximum Gasteiger partial charge on any atom is 0.228 e. The largest absolute Gasteiger partial charge is 0.311 e. The van der Waals surface area contributed by atoms with Crippen molar-refractivity contribution in [2.75, 3.05) is 17.7 Å². The van der Waals surface area contributed by atoms with Gasteiger partial charge in [-0.3, -0.25) is 4.79 Å². The summed E-state index contributed by atoms with van der Waals surface area (Å²) >= 11 is 6.83. The Morgan fingerprint density at radius 3 is 3.06 bits per heavy atom. The smallest absolute Gasteiger partial charge is 0.228 e. The molecular formula is C12H11BrN2OS2. The van der Waals surface area contributed by atoms with Gasteiger partial charge in [-0.1, -0.05) is 27.7 Å². The number of alkyl halides is 1. The summed E-state index contributed by atoms with van der Waals surface area (Å²) in [6.07, 6.45) is 2.61. The summed E-state index contributed by atoms with van der Waals surface area (Å²) < 4.78 is 2.20. The number of amides is 1. The highest BCUT2D eigenvalue weighted by atomic mass is 79.9. The summed E-state index contributed by atoms with van der Waals surface area (Å²) in [5.41, 5.74) is 1.99. The number of nitrogens with zero attached hydrogens (tertiary/aromatic N) is 2. The molecule has 1 aromatic heterocycles. The van der Waals surface area contributed by atoms with E-state index in [1.54, 1.807) is 23.1 Å². The Balaban J connectivity index is 2.00. The molecule has 2 aromatic rings. The molecule has 94 valence electrons. The molecule has 18 heavy (non-hydrogen) atoms. The van der Waals surface area contributed by atoms with E-state index >= 15 is 0 Å². The van der Waals surface area contributed by atoms with Gasteiger partial charge in [0.05, 0.1) is 10.2 Å². The standard InChI is InChI=1S/C12H11BrN2OS2/c1-17-12-14-9-3-2-8(5-10(9)18-12)15-6-7(13)4-11(15)16/h2-3,5,7H,4,6H2,1H3. The van der Waals surface area contributed by atoms with Gasteiger partial charge < -0.3 is 4.90 Å². The molecular weight excluding hydrogens is 332 g/mol. The lowest BCUT2D eigenvalue weighted by atomic mass is 10.3. The molecule has 3 nitrogen and oxygen atoms in total. The molecule has 1 amide bonds. The average Bonchev–Trinajstić information content (AvgIpc) is 2.90. The first kappa shape index (κ1) is 12.4. The third-order valence-electron chi connectivity index (χ3n) is 2.92. The van der Waals surface area contributed by atoms with E-state index in [9.17, 15) is 4.79 Å². The molecule has 0 aliphatic carbocycles. The van der Waals surface area contributed by atoms with E-state index in [0.29, 0.717) is 6.42 Å². The van der Waals surface area contributed by atoms with Crippen molar-refractivity contribution >= 4 is 60.8 Å². The van der Waals surface area contributed by atoms with Crippen LogP contribution in [0.4, 0.5) is 5.69 Å². The van der Waals surface area contributed by atoms with E-state index in [-0.39, 0.29) is 10.7 Å². The van der Waals surface area contributed by atoms with Crippen molar-refractivity contribution in [3.63, 3.8) is 0 Å². The molecule has 1 fully saturated rings. The van der Waals surface area contributed by atoms with Crippen molar-refractivity contribution in [1.29, 1.82) is 0 Å². The number of fused-ring (bicyclic) bond motifs is 1. The summed E-state index contributed by atoms with van der Waals surface area (Å²) in [6, 6.07) is 6.04. The van der Waals surface area contributed by atoms with Gasteiger partial charge in [-0.2, -0.15) is 0 Å². The van der Waals surface area contributed by atoms with Gasteiger partial charge in [0.25, 0.3) is 0 Å². The first-order valence-corrected chi connectivity index (χ1v) is 8.52. The molecule has 1 aliphatic heterocycles. The molecule has 6 heteroatoms. The Labute approximate surface area is 122 Å². The van der Waals surface area contributed by atoms with Crippen LogP contribution in [0.5, 0.6) is 0 Å². The van der Waals surface area contributed by atoms with Gasteiger partial charge in [-0.15, -0.1) is 11.3 Å². The van der Waals surface area contributed by atoms with Crippen LogP contribution in [0.25, 0.3) is 10.2 Å². The van der Waals surface area contributed by atoms with E-state index in [1.165, 1.54) is 0 Å². The number of aromatic nitrogens is 1. The molecule has 0 spiro atoms. The van der Waals surface area contributed by atoms with E-state index in [1.807, 2.05) is 23.3 Å². The molecule has 0 bridgehead atoms. The number of thioether (sulfide) groups is 1. The highest BCUT2D eigenvalue weighted by Gasteiger charge is 2.28. The fourth-order valence-electron chi connectivity index (χ4n) is 2.06. The van der Waals surface area contributed by atoms with Crippen LogP contribution in [-0.4, -0.2) is 28.5 Å². The summed E-state index contributed by atoms with van der Waals surface area (Å²) in [6.45, 7) is 0.749. The predicted octanol–water partition coefficient (Wildman–Crippen LogP) is 3.52. The van der Waals surface area contributed by atoms with E-state index in [0.717, 1.165) is 26.8 Å². The van der Waals surface area contributed by atoms with Crippen LogP contribution in [0.3, 0.4) is 0 Å². The summed E-state index contributed by atoms with van der Waals surface area (Å²) in [4.78, 5) is 18.5. The molecule has 1 aliphatic rings. The van der Waals surface area contributed by atoms with Crippen LogP contribution in [0.2, 0.25) is 0 Å². The molecule has 0 saturated carbocycles. The lowest BCUT2D eigenvalue weighted by Crippen LogP contribution is -2.24. The normalized spacial score (nSPS) is 20.0. The molecule has 3 rings (SSSR count). The van der Waals surface area contributed by atoms with Gasteiger partial charge in [0.1, 0.15) is 0 Å². The summed E-state index contributed by atoms with van der Waals surface area (Å²) in [5.74, 6) is 0.186. The van der Waals surface area contributed by atoms with Crippen molar-refractivity contribution in [3.8, 4) is 0 Å². The molecule has 1 unspecified atom stereocenters. The zero-order chi connectivity index (χ0) is 12.7. The number of carbonyl (C=O) groups is 1. The maximum absolute atomic E-state index is 11.9. The Morgan fingerprint density at radius 1 is 1.56 bits per heavy atom. The summed E-state index contributed by atoms with van der Waals surface area (Å²) in [5, 5.41) is 0. The van der Waals surface area contributed by atoms with Gasteiger partial charge in [0.2, 0.25) is 5.91 Å². The number of hydrogen-bond donors (Lipinski definition) is 0. The number of benzene rings is 1. The lowest BCUT2D eigenvalue weighted by molar-refractivity contribution is -0.117. The zero-order valence-corrected chi connectivity index (χ0v) is 12.9. The minimum atomic E-state index is 0.186. The van der Waals surface area contributed by atoms with Crippen molar-refractivity contribution < 1.29 is 4.79 Å². The van der Waals surface area contributed by atoms with E-state index in [2.05, 4.69) is 27.0 Å². The molecule has 0 N–H and O–H groups in total. The van der Waals surface area contributed by atoms with E-state index < -0.39 is 0 Å². The monoisotopic (exact) mass is 342 g/mol. The molecule has 0 radical (unpaired) electrons. The van der Waals surface area contributed by atoms with Gasteiger partial charge in [0.15, 0.2) is 4.34 Å². The van der Waals surface area contributed by atoms with Crippen molar-refractivity contribution in [2.45, 2.75) is 15.6 Å². The third kappa shape index (κ3) is 2.17. The second-order valence-electron chi connectivity index (χ2n) is 4.14. The van der Waals surface area contributed by atoms with Crippen LogP contribution >= 0.6 is 39.0 Å². The van der Waals surface area contributed by atoms with Gasteiger partial charge in [-0.05, 0) is 24.5 Å². The average molecular weight is 343 g/mol. The number of hydrogen-bond acceptors (Lipinski definition) is 4. The van der Waals surface area contributed by atoms with Gasteiger partial charge in [-0.25, -0.2) is 4.98 Å².